The Labute approximate surface area is 119 Å². The third kappa shape index (κ3) is 3.12. The van der Waals surface area contributed by atoms with Crippen LogP contribution in [-0.2, 0) is 4.74 Å². The molecule has 0 aliphatic carbocycles. The first-order chi connectivity index (χ1) is 9.61. The molecule has 1 aromatic carbocycles. The number of aromatic nitrogens is 1. The van der Waals surface area contributed by atoms with Gasteiger partial charge in [0.1, 0.15) is 5.00 Å². The molecule has 0 unspecified atom stereocenters. The number of ether oxygens (including phenoxy) is 1. The molecule has 2 rings (SSSR count). The second-order valence-corrected chi connectivity index (χ2v) is 4.68. The number of amides is 1. The summed E-state index contributed by atoms with van der Waals surface area (Å²) < 4.78 is 4.92. The molecule has 0 fully saturated rings. The maximum atomic E-state index is 11.7. The number of esters is 1. The fraction of sp³-hybridized carbons (Fsp3) is 0.154. The van der Waals surface area contributed by atoms with Crippen molar-refractivity contribution in [3.05, 3.63) is 41.0 Å². The number of carbonyl (C=O) groups excluding carboxylic acids is 2. The third-order valence-electron chi connectivity index (χ3n) is 2.44. The summed E-state index contributed by atoms with van der Waals surface area (Å²) in [6.07, 6.45) is 0. The van der Waals surface area contributed by atoms with Crippen molar-refractivity contribution in [3.8, 4) is 0 Å². The van der Waals surface area contributed by atoms with Gasteiger partial charge in [-0.25, -0.2) is 9.78 Å². The average Bonchev–Trinajstić information content (AvgIpc) is 2.87. The van der Waals surface area contributed by atoms with E-state index in [-0.39, 0.29) is 12.3 Å². The molecule has 0 bridgehead atoms. The minimum absolute atomic E-state index is 0.223. The maximum absolute atomic E-state index is 11.7. The molecule has 0 radical (unpaired) electrons. The van der Waals surface area contributed by atoms with Crippen LogP contribution in [0.5, 0.6) is 0 Å². The van der Waals surface area contributed by atoms with Gasteiger partial charge in [0.2, 0.25) is 5.91 Å². The second-order valence-electron chi connectivity index (χ2n) is 3.82. The van der Waals surface area contributed by atoms with Gasteiger partial charge in [0, 0.05) is 11.3 Å². The van der Waals surface area contributed by atoms with E-state index in [4.69, 9.17) is 10.5 Å². The van der Waals surface area contributed by atoms with Crippen molar-refractivity contribution < 1.29 is 14.3 Å². The van der Waals surface area contributed by atoms with Crippen molar-refractivity contribution in [2.75, 3.05) is 11.9 Å². The number of hydrogen-bond acceptors (Lipinski definition) is 6. The van der Waals surface area contributed by atoms with E-state index in [0.717, 1.165) is 0 Å². The van der Waals surface area contributed by atoms with E-state index in [9.17, 15) is 9.59 Å². The van der Waals surface area contributed by atoms with E-state index in [0.29, 0.717) is 16.3 Å². The number of nitrogens with one attached hydrogen (secondary N) is 1. The van der Waals surface area contributed by atoms with Gasteiger partial charge in [0.25, 0.3) is 0 Å². The lowest BCUT2D eigenvalue weighted by atomic mass is 10.2. The number of rotatable bonds is 5. The maximum Gasteiger partial charge on any atom is 0.360 e. The van der Waals surface area contributed by atoms with Crippen LogP contribution in [0.1, 0.15) is 27.8 Å². The minimum Gasteiger partial charge on any atom is -0.461 e. The van der Waals surface area contributed by atoms with Gasteiger partial charge in [-0.05, 0) is 25.1 Å². The average molecular weight is 291 g/mol. The lowest BCUT2D eigenvalue weighted by Gasteiger charge is -2.07. The smallest absolute Gasteiger partial charge is 0.360 e. The summed E-state index contributed by atoms with van der Waals surface area (Å²) >= 11 is 1.27. The van der Waals surface area contributed by atoms with E-state index < -0.39 is 11.9 Å². The molecule has 2 aromatic rings. The van der Waals surface area contributed by atoms with E-state index in [1.54, 1.807) is 36.7 Å². The monoisotopic (exact) mass is 291 g/mol. The van der Waals surface area contributed by atoms with Crippen LogP contribution in [0.3, 0.4) is 0 Å². The number of benzene rings is 1. The predicted octanol–water partition coefficient (Wildman–Crippen LogP) is 2.16. The molecule has 1 amide bonds. The highest BCUT2D eigenvalue weighted by Crippen LogP contribution is 2.25. The van der Waals surface area contributed by atoms with Gasteiger partial charge < -0.3 is 15.8 Å². The highest BCUT2D eigenvalue weighted by atomic mass is 32.1. The third-order valence-corrected chi connectivity index (χ3v) is 3.18. The van der Waals surface area contributed by atoms with Crippen LogP contribution in [-0.4, -0.2) is 23.5 Å². The number of hydrogen-bond donors (Lipinski definition) is 2. The van der Waals surface area contributed by atoms with E-state index in [1.165, 1.54) is 11.3 Å². The highest BCUT2D eigenvalue weighted by molar-refractivity contribution is 7.14. The van der Waals surface area contributed by atoms with Crippen LogP contribution in [0.4, 0.5) is 10.7 Å². The molecule has 7 heteroatoms. The quantitative estimate of drug-likeness (QED) is 0.823. The van der Waals surface area contributed by atoms with Gasteiger partial charge in [-0.2, -0.15) is 0 Å². The fourth-order valence-corrected chi connectivity index (χ4v) is 2.25. The molecule has 0 aliphatic heterocycles. The standard InChI is InChI=1S/C13H13N3O3S/c1-2-19-13(18)10-12(20-7-15-10)16-9-5-3-4-8(6-9)11(14)17/h3-7,16H,2H2,1H3,(H2,14,17). The molecule has 0 aliphatic rings. The van der Waals surface area contributed by atoms with Gasteiger partial charge in [0.15, 0.2) is 5.69 Å². The van der Waals surface area contributed by atoms with Crippen LogP contribution in [0, 0.1) is 0 Å². The summed E-state index contributed by atoms with van der Waals surface area (Å²) in [5.41, 5.74) is 8.03. The zero-order valence-corrected chi connectivity index (χ0v) is 11.6. The first-order valence-electron chi connectivity index (χ1n) is 5.89. The van der Waals surface area contributed by atoms with Crippen LogP contribution < -0.4 is 11.1 Å². The van der Waals surface area contributed by atoms with Crippen molar-refractivity contribution in [3.63, 3.8) is 0 Å². The summed E-state index contributed by atoms with van der Waals surface area (Å²) in [6.45, 7) is 2.01. The predicted molar refractivity (Wildman–Crippen MR) is 76.3 cm³/mol. The lowest BCUT2D eigenvalue weighted by molar-refractivity contribution is 0.0521. The second kappa shape index (κ2) is 6.16. The van der Waals surface area contributed by atoms with Crippen LogP contribution in [0.25, 0.3) is 0 Å². The van der Waals surface area contributed by atoms with Gasteiger partial charge in [-0.15, -0.1) is 11.3 Å². The summed E-state index contributed by atoms with van der Waals surface area (Å²) in [6, 6.07) is 6.69. The molecule has 0 atom stereocenters. The molecule has 1 aromatic heterocycles. The van der Waals surface area contributed by atoms with Crippen LogP contribution >= 0.6 is 11.3 Å². The summed E-state index contributed by atoms with van der Waals surface area (Å²) in [4.78, 5) is 26.8. The van der Waals surface area contributed by atoms with E-state index in [2.05, 4.69) is 10.3 Å². The van der Waals surface area contributed by atoms with Gasteiger partial charge in [-0.1, -0.05) is 6.07 Å². The number of primary amides is 1. The molecule has 20 heavy (non-hydrogen) atoms. The van der Waals surface area contributed by atoms with Crippen molar-refractivity contribution in [1.82, 2.24) is 4.98 Å². The Hall–Kier alpha value is -2.41. The lowest BCUT2D eigenvalue weighted by Crippen LogP contribution is -2.11. The molecule has 3 N–H and O–H groups in total. The fourth-order valence-electron chi connectivity index (χ4n) is 1.56. The molecule has 1 heterocycles. The van der Waals surface area contributed by atoms with Crippen molar-refractivity contribution in [1.29, 1.82) is 0 Å². The Morgan fingerprint density at radius 1 is 1.45 bits per heavy atom. The Morgan fingerprint density at radius 3 is 2.95 bits per heavy atom. The molecule has 0 spiro atoms. The number of thiazole rings is 1. The summed E-state index contributed by atoms with van der Waals surface area (Å²) in [5, 5.41) is 3.59. The summed E-state index contributed by atoms with van der Waals surface area (Å²) in [7, 11) is 0. The van der Waals surface area contributed by atoms with Crippen molar-refractivity contribution in [2.24, 2.45) is 5.73 Å². The minimum atomic E-state index is -0.511. The van der Waals surface area contributed by atoms with Crippen molar-refractivity contribution >= 4 is 33.9 Å². The topological polar surface area (TPSA) is 94.3 Å². The first kappa shape index (κ1) is 14.0. The number of nitrogens with zero attached hydrogens (tertiary/aromatic N) is 1. The molecular weight excluding hydrogens is 278 g/mol. The Bertz CT molecular complexity index is 639. The first-order valence-corrected chi connectivity index (χ1v) is 6.77. The van der Waals surface area contributed by atoms with Gasteiger partial charge in [-0.3, -0.25) is 4.79 Å². The van der Waals surface area contributed by atoms with Gasteiger partial charge in [0.05, 0.1) is 12.1 Å². The zero-order valence-electron chi connectivity index (χ0n) is 10.8. The summed E-state index contributed by atoms with van der Waals surface area (Å²) in [5.74, 6) is -0.995. The number of anilines is 2. The van der Waals surface area contributed by atoms with Crippen LogP contribution in [0.2, 0.25) is 0 Å². The number of carbonyl (C=O) groups is 2. The number of nitrogens with two attached hydrogens (primary N) is 1. The SMILES string of the molecule is CCOC(=O)c1ncsc1Nc1cccc(C(N)=O)c1. The molecule has 0 saturated carbocycles. The molecule has 6 nitrogen and oxygen atoms in total. The van der Waals surface area contributed by atoms with Crippen LogP contribution in [0.15, 0.2) is 29.8 Å². The van der Waals surface area contributed by atoms with E-state index >= 15 is 0 Å². The Morgan fingerprint density at radius 2 is 2.25 bits per heavy atom. The Balaban J connectivity index is 2.22. The largest absolute Gasteiger partial charge is 0.461 e. The molecule has 104 valence electrons. The Kier molecular flexibility index (Phi) is 4.31. The van der Waals surface area contributed by atoms with Gasteiger partial charge >= 0.3 is 5.97 Å². The molecule has 0 saturated heterocycles. The van der Waals surface area contributed by atoms with Crippen molar-refractivity contribution in [2.45, 2.75) is 6.92 Å². The zero-order chi connectivity index (χ0) is 14.5. The van der Waals surface area contributed by atoms with E-state index in [1.807, 2.05) is 0 Å². The normalized spacial score (nSPS) is 10.1. The molecular formula is C13H13N3O3S. The highest BCUT2D eigenvalue weighted by Gasteiger charge is 2.16.